The molecule has 0 aromatic heterocycles. The van der Waals surface area contributed by atoms with Crippen molar-refractivity contribution in [3.05, 3.63) is 0 Å². The van der Waals surface area contributed by atoms with Gasteiger partial charge in [-0.05, 0) is 25.8 Å². The van der Waals surface area contributed by atoms with E-state index in [2.05, 4.69) is 11.8 Å². The monoisotopic (exact) mass is 214 g/mol. The summed E-state index contributed by atoms with van der Waals surface area (Å²) < 4.78 is 0. The van der Waals surface area contributed by atoms with Crippen LogP contribution in [0.2, 0.25) is 0 Å². The molecule has 1 heterocycles. The first-order valence-electron chi connectivity index (χ1n) is 5.89. The normalized spacial score (nSPS) is 25.1. The minimum Gasteiger partial charge on any atom is -0.480 e. The molecule has 1 aliphatic heterocycles. The van der Waals surface area contributed by atoms with Gasteiger partial charge in [0.2, 0.25) is 0 Å². The predicted molar refractivity (Wildman–Crippen MR) is 59.7 cm³/mol. The quantitative estimate of drug-likeness (QED) is 0.718. The van der Waals surface area contributed by atoms with E-state index in [9.17, 15) is 4.79 Å². The zero-order valence-electron chi connectivity index (χ0n) is 9.48. The second-order valence-electron chi connectivity index (χ2n) is 4.27. The number of carboxylic acids is 1. The Labute approximate surface area is 91.4 Å². The van der Waals surface area contributed by atoms with Crippen LogP contribution in [0.4, 0.5) is 0 Å². The van der Waals surface area contributed by atoms with Crippen LogP contribution in [0, 0.1) is 0 Å². The lowest BCUT2D eigenvalue weighted by molar-refractivity contribution is -0.144. The Bertz CT molecular complexity index is 207. The average Bonchev–Trinajstić information content (AvgIpc) is 2.21. The molecule has 15 heavy (non-hydrogen) atoms. The second kappa shape index (κ2) is 6.08. The largest absolute Gasteiger partial charge is 0.480 e. The zero-order valence-corrected chi connectivity index (χ0v) is 9.48. The van der Waals surface area contributed by atoms with Crippen molar-refractivity contribution in [3.63, 3.8) is 0 Å². The number of hydrogen-bond acceptors (Lipinski definition) is 3. The molecule has 3 N–H and O–H groups in total. The molecule has 0 aromatic rings. The van der Waals surface area contributed by atoms with E-state index in [-0.39, 0.29) is 6.54 Å². The molecular formula is C11H22N2O2. The zero-order chi connectivity index (χ0) is 11.3. The lowest BCUT2D eigenvalue weighted by atomic mass is 9.96. The van der Waals surface area contributed by atoms with E-state index in [1.165, 1.54) is 6.42 Å². The van der Waals surface area contributed by atoms with E-state index in [4.69, 9.17) is 10.8 Å². The molecule has 2 atom stereocenters. The number of nitrogens with zero attached hydrogens (tertiary/aromatic N) is 1. The number of piperidine rings is 1. The van der Waals surface area contributed by atoms with Gasteiger partial charge in [-0.25, -0.2) is 0 Å². The Kier molecular flexibility index (Phi) is 5.05. The Hall–Kier alpha value is -0.610. The van der Waals surface area contributed by atoms with E-state index in [1.807, 2.05) is 0 Å². The predicted octanol–water partition coefficient (Wildman–Crippen LogP) is 1.05. The number of hydrogen-bond donors (Lipinski definition) is 2. The van der Waals surface area contributed by atoms with Crippen LogP contribution in [0.25, 0.3) is 0 Å². The fraction of sp³-hybridized carbons (Fsp3) is 0.909. The van der Waals surface area contributed by atoms with Crippen LogP contribution < -0.4 is 5.73 Å². The molecule has 0 amide bonds. The molecule has 2 unspecified atom stereocenters. The van der Waals surface area contributed by atoms with Gasteiger partial charge in [0, 0.05) is 12.6 Å². The molecule has 0 saturated carbocycles. The summed E-state index contributed by atoms with van der Waals surface area (Å²) in [4.78, 5) is 13.2. The Balaban J connectivity index is 2.64. The number of likely N-dealkylation sites (tertiary alicyclic amines) is 1. The summed E-state index contributed by atoms with van der Waals surface area (Å²) in [6.07, 6.45) is 5.64. The summed E-state index contributed by atoms with van der Waals surface area (Å²) in [5.41, 5.74) is 5.54. The van der Waals surface area contributed by atoms with Gasteiger partial charge in [-0.15, -0.1) is 0 Å². The van der Waals surface area contributed by atoms with E-state index >= 15 is 0 Å². The van der Waals surface area contributed by atoms with Crippen molar-refractivity contribution in [2.45, 2.75) is 51.1 Å². The third-order valence-electron chi connectivity index (χ3n) is 3.20. The van der Waals surface area contributed by atoms with Gasteiger partial charge in [0.25, 0.3) is 0 Å². The standard InChI is InChI=1S/C11H22N2O2/c1-2-5-9-6-3-4-7-13(9)10(8-12)11(14)15/h9-10H,2-8,12H2,1H3,(H,14,15). The fourth-order valence-electron chi connectivity index (χ4n) is 2.45. The van der Waals surface area contributed by atoms with Crippen LogP contribution >= 0.6 is 0 Å². The van der Waals surface area contributed by atoms with Crippen LogP contribution in [0.3, 0.4) is 0 Å². The lowest BCUT2D eigenvalue weighted by Gasteiger charge is -2.39. The first kappa shape index (κ1) is 12.5. The van der Waals surface area contributed by atoms with E-state index in [0.717, 1.165) is 32.2 Å². The van der Waals surface area contributed by atoms with Crippen molar-refractivity contribution >= 4 is 5.97 Å². The van der Waals surface area contributed by atoms with E-state index in [1.54, 1.807) is 0 Å². The Morgan fingerprint density at radius 3 is 2.87 bits per heavy atom. The van der Waals surface area contributed by atoms with Crippen LogP contribution in [-0.4, -0.2) is 41.1 Å². The van der Waals surface area contributed by atoms with Crippen molar-refractivity contribution in [1.29, 1.82) is 0 Å². The third kappa shape index (κ3) is 3.18. The molecule has 0 aliphatic carbocycles. The average molecular weight is 214 g/mol. The number of carbonyl (C=O) groups is 1. The minimum absolute atomic E-state index is 0.218. The number of rotatable bonds is 5. The maximum absolute atomic E-state index is 11.1. The third-order valence-corrected chi connectivity index (χ3v) is 3.20. The van der Waals surface area contributed by atoms with Gasteiger partial charge in [0.1, 0.15) is 6.04 Å². The number of carboxylic acid groups (broad SMARTS) is 1. The smallest absolute Gasteiger partial charge is 0.322 e. The summed E-state index contributed by atoms with van der Waals surface area (Å²) in [7, 11) is 0. The second-order valence-corrected chi connectivity index (χ2v) is 4.27. The molecule has 0 aromatic carbocycles. The van der Waals surface area contributed by atoms with Crippen LogP contribution in [0.15, 0.2) is 0 Å². The molecular weight excluding hydrogens is 192 g/mol. The van der Waals surface area contributed by atoms with Crippen molar-refractivity contribution in [3.8, 4) is 0 Å². The molecule has 1 saturated heterocycles. The summed E-state index contributed by atoms with van der Waals surface area (Å²) in [5, 5.41) is 9.09. The molecule has 0 bridgehead atoms. The summed E-state index contributed by atoms with van der Waals surface area (Å²) in [6, 6.07) is -0.0600. The first-order chi connectivity index (χ1) is 7.20. The highest BCUT2D eigenvalue weighted by Gasteiger charge is 2.31. The Morgan fingerprint density at radius 2 is 2.33 bits per heavy atom. The molecule has 88 valence electrons. The van der Waals surface area contributed by atoms with Gasteiger partial charge in [-0.2, -0.15) is 0 Å². The minimum atomic E-state index is -0.777. The molecule has 1 aliphatic rings. The molecule has 1 rings (SSSR count). The van der Waals surface area contributed by atoms with Crippen LogP contribution in [-0.2, 0) is 4.79 Å². The summed E-state index contributed by atoms with van der Waals surface area (Å²) in [6.45, 7) is 3.25. The summed E-state index contributed by atoms with van der Waals surface area (Å²) in [5.74, 6) is -0.777. The molecule has 1 fully saturated rings. The van der Waals surface area contributed by atoms with E-state index in [0.29, 0.717) is 6.04 Å². The maximum atomic E-state index is 11.1. The van der Waals surface area contributed by atoms with Crippen molar-refractivity contribution in [2.75, 3.05) is 13.1 Å². The maximum Gasteiger partial charge on any atom is 0.322 e. The fourth-order valence-corrected chi connectivity index (χ4v) is 2.45. The molecule has 0 spiro atoms. The van der Waals surface area contributed by atoms with Gasteiger partial charge in [0.05, 0.1) is 0 Å². The van der Waals surface area contributed by atoms with E-state index < -0.39 is 12.0 Å². The van der Waals surface area contributed by atoms with Crippen LogP contribution in [0.1, 0.15) is 39.0 Å². The SMILES string of the molecule is CCCC1CCCCN1C(CN)C(=O)O. The lowest BCUT2D eigenvalue weighted by Crippen LogP contribution is -2.53. The van der Waals surface area contributed by atoms with Crippen molar-refractivity contribution in [2.24, 2.45) is 5.73 Å². The molecule has 0 radical (unpaired) electrons. The summed E-state index contributed by atoms with van der Waals surface area (Å²) >= 11 is 0. The van der Waals surface area contributed by atoms with Gasteiger partial charge in [-0.3, -0.25) is 9.69 Å². The van der Waals surface area contributed by atoms with Crippen molar-refractivity contribution < 1.29 is 9.90 Å². The topological polar surface area (TPSA) is 66.6 Å². The van der Waals surface area contributed by atoms with Gasteiger partial charge in [0.15, 0.2) is 0 Å². The van der Waals surface area contributed by atoms with Gasteiger partial charge >= 0.3 is 5.97 Å². The van der Waals surface area contributed by atoms with Gasteiger partial charge in [-0.1, -0.05) is 19.8 Å². The molecule has 4 heteroatoms. The highest BCUT2D eigenvalue weighted by atomic mass is 16.4. The number of nitrogens with two attached hydrogens (primary N) is 1. The Morgan fingerprint density at radius 1 is 1.60 bits per heavy atom. The van der Waals surface area contributed by atoms with Crippen LogP contribution in [0.5, 0.6) is 0 Å². The highest BCUT2D eigenvalue weighted by Crippen LogP contribution is 2.22. The van der Waals surface area contributed by atoms with Gasteiger partial charge < -0.3 is 10.8 Å². The van der Waals surface area contributed by atoms with Crippen molar-refractivity contribution in [1.82, 2.24) is 4.90 Å². The first-order valence-corrected chi connectivity index (χ1v) is 5.89. The highest BCUT2D eigenvalue weighted by molar-refractivity contribution is 5.73. The number of aliphatic carboxylic acids is 1. The molecule has 4 nitrogen and oxygen atoms in total.